The molecule has 3 rings (SSSR count). The van der Waals surface area contributed by atoms with Crippen LogP contribution in [0.15, 0.2) is 47.6 Å². The minimum atomic E-state index is -0.976. The lowest BCUT2D eigenvalue weighted by molar-refractivity contribution is 0.0523. The summed E-state index contributed by atoms with van der Waals surface area (Å²) in [4.78, 5) is 49.2. The van der Waals surface area contributed by atoms with Gasteiger partial charge in [0.1, 0.15) is 11.4 Å². The van der Waals surface area contributed by atoms with Crippen LogP contribution in [-0.2, 0) is 11.3 Å². The molecule has 1 saturated heterocycles. The van der Waals surface area contributed by atoms with E-state index in [1.54, 1.807) is 11.0 Å². The Balaban J connectivity index is 1.60. The lowest BCUT2D eigenvalue weighted by Gasteiger charge is -2.32. The predicted octanol–water partition coefficient (Wildman–Crippen LogP) is 4.65. The van der Waals surface area contributed by atoms with E-state index in [-0.39, 0.29) is 23.1 Å². The fraction of sp³-hybridized carbons (Fsp3) is 0.423. The van der Waals surface area contributed by atoms with Crippen LogP contribution in [0.4, 0.5) is 4.79 Å². The van der Waals surface area contributed by atoms with Crippen molar-refractivity contribution >= 4 is 17.9 Å². The van der Waals surface area contributed by atoms with Gasteiger partial charge in [-0.15, -0.1) is 4.91 Å². The number of rotatable bonds is 6. The van der Waals surface area contributed by atoms with E-state index < -0.39 is 17.6 Å². The first-order valence-corrected chi connectivity index (χ1v) is 11.5. The highest BCUT2D eigenvalue weighted by molar-refractivity contribution is 6.01. The summed E-state index contributed by atoms with van der Waals surface area (Å²) in [6.07, 6.45) is 1.11. The zero-order chi connectivity index (χ0) is 25.6. The summed E-state index contributed by atoms with van der Waals surface area (Å²) in [6, 6.07) is 12.5. The van der Waals surface area contributed by atoms with Crippen molar-refractivity contribution in [3.8, 4) is 5.75 Å². The standard InChI is InChI=1S/C26H31N3O6/c1-26(2,3)35-25(32)27-16-17-6-5-7-19(14-17)18-10-12-29(13-11-18)24(31)20-8-9-22(34-4)21(15-20)23(30)28-33/h5-9,14-15,18H,10-13,16H2,1-4H3,(H,27,32). The molecular weight excluding hydrogens is 450 g/mol. The number of amides is 3. The third-order valence-corrected chi connectivity index (χ3v) is 5.80. The average Bonchev–Trinajstić information content (AvgIpc) is 2.85. The van der Waals surface area contributed by atoms with Gasteiger partial charge < -0.3 is 19.7 Å². The Hall–Kier alpha value is -3.75. The fourth-order valence-corrected chi connectivity index (χ4v) is 4.10. The molecule has 2 aromatic carbocycles. The van der Waals surface area contributed by atoms with Crippen LogP contribution in [0.1, 0.15) is 71.4 Å². The number of benzene rings is 2. The van der Waals surface area contributed by atoms with Crippen LogP contribution in [0.25, 0.3) is 0 Å². The van der Waals surface area contributed by atoms with Crippen molar-refractivity contribution in [3.05, 3.63) is 69.6 Å². The molecule has 1 aliphatic rings. The SMILES string of the molecule is COc1ccc(C(=O)N2CCC(c3cccc(CNC(=O)OC(C)(C)C)c3)CC2)cc1C(=O)N=O. The van der Waals surface area contributed by atoms with E-state index in [9.17, 15) is 19.3 Å². The summed E-state index contributed by atoms with van der Waals surface area (Å²) >= 11 is 0. The lowest BCUT2D eigenvalue weighted by Crippen LogP contribution is -2.38. The predicted molar refractivity (Wildman–Crippen MR) is 131 cm³/mol. The molecule has 2 aromatic rings. The van der Waals surface area contributed by atoms with E-state index in [2.05, 4.69) is 22.6 Å². The van der Waals surface area contributed by atoms with Crippen LogP contribution < -0.4 is 10.1 Å². The molecule has 0 radical (unpaired) electrons. The number of piperidine rings is 1. The van der Waals surface area contributed by atoms with Gasteiger partial charge in [-0.3, -0.25) is 9.59 Å². The van der Waals surface area contributed by atoms with Crippen LogP contribution in [0.3, 0.4) is 0 Å². The molecule has 1 aliphatic heterocycles. The number of carbonyl (C=O) groups excluding carboxylic acids is 3. The van der Waals surface area contributed by atoms with E-state index in [4.69, 9.17) is 9.47 Å². The van der Waals surface area contributed by atoms with Crippen molar-refractivity contribution in [2.75, 3.05) is 20.2 Å². The van der Waals surface area contributed by atoms with Gasteiger partial charge in [0, 0.05) is 30.4 Å². The average molecular weight is 482 g/mol. The highest BCUT2D eigenvalue weighted by atomic mass is 16.6. The largest absolute Gasteiger partial charge is 0.496 e. The molecule has 1 N–H and O–H groups in total. The second-order valence-electron chi connectivity index (χ2n) is 9.48. The Kier molecular flexibility index (Phi) is 8.22. The van der Waals surface area contributed by atoms with Crippen LogP contribution in [0.2, 0.25) is 0 Å². The van der Waals surface area contributed by atoms with Crippen LogP contribution >= 0.6 is 0 Å². The highest BCUT2D eigenvalue weighted by Crippen LogP contribution is 2.30. The number of nitrogens with one attached hydrogen (secondary N) is 1. The maximum atomic E-state index is 13.0. The maximum Gasteiger partial charge on any atom is 0.407 e. The Morgan fingerprint density at radius 2 is 1.80 bits per heavy atom. The Labute approximate surface area is 204 Å². The molecule has 1 heterocycles. The van der Waals surface area contributed by atoms with E-state index in [0.29, 0.717) is 25.2 Å². The van der Waals surface area contributed by atoms with E-state index in [1.807, 2.05) is 32.9 Å². The number of alkyl carbamates (subject to hydrolysis) is 1. The third kappa shape index (κ3) is 6.88. The van der Waals surface area contributed by atoms with Crippen molar-refractivity contribution in [3.63, 3.8) is 0 Å². The van der Waals surface area contributed by atoms with Gasteiger partial charge in [-0.2, -0.15) is 0 Å². The van der Waals surface area contributed by atoms with Gasteiger partial charge in [-0.1, -0.05) is 24.3 Å². The topological polar surface area (TPSA) is 114 Å². The normalized spacial score (nSPS) is 14.2. The monoisotopic (exact) mass is 481 g/mol. The Morgan fingerprint density at radius 1 is 1.09 bits per heavy atom. The summed E-state index contributed by atoms with van der Waals surface area (Å²) in [5.41, 5.74) is 1.87. The zero-order valence-electron chi connectivity index (χ0n) is 20.5. The summed E-state index contributed by atoms with van der Waals surface area (Å²) in [5.74, 6) is -0.698. The minimum absolute atomic E-state index is 0.0277. The number of carbonyl (C=O) groups is 3. The lowest BCUT2D eigenvalue weighted by atomic mass is 9.88. The molecule has 0 aliphatic carbocycles. The molecule has 0 saturated carbocycles. The first-order valence-electron chi connectivity index (χ1n) is 11.5. The number of ether oxygens (including phenoxy) is 2. The summed E-state index contributed by atoms with van der Waals surface area (Å²) in [6.45, 7) is 6.95. The van der Waals surface area contributed by atoms with Gasteiger partial charge in [-0.05, 0) is 68.9 Å². The molecule has 0 bridgehead atoms. The zero-order valence-corrected chi connectivity index (χ0v) is 20.5. The van der Waals surface area contributed by atoms with Crippen LogP contribution in [0, 0.1) is 4.91 Å². The van der Waals surface area contributed by atoms with E-state index >= 15 is 0 Å². The molecule has 1 fully saturated rings. The number of likely N-dealkylation sites (tertiary alicyclic amines) is 1. The van der Waals surface area contributed by atoms with Crippen molar-refractivity contribution < 1.29 is 23.9 Å². The van der Waals surface area contributed by atoms with Gasteiger partial charge in [0.25, 0.3) is 5.91 Å². The summed E-state index contributed by atoms with van der Waals surface area (Å²) < 4.78 is 10.4. The number of methoxy groups -OCH3 is 1. The fourth-order valence-electron chi connectivity index (χ4n) is 4.10. The molecular formula is C26H31N3O6. The summed E-state index contributed by atoms with van der Waals surface area (Å²) in [7, 11) is 1.38. The number of nitrogens with zero attached hydrogens (tertiary/aromatic N) is 2. The number of hydrogen-bond acceptors (Lipinski definition) is 6. The third-order valence-electron chi connectivity index (χ3n) is 5.80. The van der Waals surface area contributed by atoms with Crippen LogP contribution in [0.5, 0.6) is 5.75 Å². The molecule has 35 heavy (non-hydrogen) atoms. The van der Waals surface area contributed by atoms with Crippen molar-refractivity contribution in [1.29, 1.82) is 0 Å². The Bertz CT molecular complexity index is 1100. The molecule has 9 heteroatoms. The maximum absolute atomic E-state index is 13.0. The van der Waals surface area contributed by atoms with Gasteiger partial charge in [0.2, 0.25) is 0 Å². The van der Waals surface area contributed by atoms with Crippen molar-refractivity contribution in [1.82, 2.24) is 10.2 Å². The van der Waals surface area contributed by atoms with Gasteiger partial charge >= 0.3 is 12.0 Å². The van der Waals surface area contributed by atoms with Crippen molar-refractivity contribution in [2.24, 2.45) is 5.18 Å². The molecule has 0 unspecified atom stereocenters. The first-order chi connectivity index (χ1) is 16.6. The molecule has 186 valence electrons. The van der Waals surface area contributed by atoms with E-state index in [1.165, 1.54) is 19.2 Å². The molecule has 9 nitrogen and oxygen atoms in total. The highest BCUT2D eigenvalue weighted by Gasteiger charge is 2.26. The smallest absolute Gasteiger partial charge is 0.407 e. The van der Waals surface area contributed by atoms with Gasteiger partial charge in [0.05, 0.1) is 12.7 Å². The first kappa shape index (κ1) is 25.9. The van der Waals surface area contributed by atoms with Crippen LogP contribution in [-0.4, -0.2) is 48.6 Å². The second-order valence-corrected chi connectivity index (χ2v) is 9.48. The Morgan fingerprint density at radius 3 is 2.43 bits per heavy atom. The summed E-state index contributed by atoms with van der Waals surface area (Å²) in [5, 5.41) is 5.22. The second kappa shape index (κ2) is 11.1. The number of hydrogen-bond donors (Lipinski definition) is 1. The quantitative estimate of drug-likeness (QED) is 0.601. The molecule has 0 aromatic heterocycles. The molecule has 0 spiro atoms. The number of nitroso groups, excluding NO2 is 1. The molecule has 3 amide bonds. The minimum Gasteiger partial charge on any atom is -0.496 e. The van der Waals surface area contributed by atoms with Gasteiger partial charge in [0.15, 0.2) is 0 Å². The molecule has 0 atom stereocenters. The van der Waals surface area contributed by atoms with E-state index in [0.717, 1.165) is 24.0 Å². The van der Waals surface area contributed by atoms with Crippen molar-refractivity contribution in [2.45, 2.75) is 51.7 Å². The van der Waals surface area contributed by atoms with Gasteiger partial charge in [-0.25, -0.2) is 4.79 Å².